The zero-order valence-electron chi connectivity index (χ0n) is 7.83. The van der Waals surface area contributed by atoms with Gasteiger partial charge in [0.15, 0.2) is 5.03 Å². The lowest BCUT2D eigenvalue weighted by molar-refractivity contribution is 0.605. The van der Waals surface area contributed by atoms with Crippen LogP contribution in [0.25, 0.3) is 0 Å². The first-order valence-corrected chi connectivity index (χ1v) is 7.79. The quantitative estimate of drug-likeness (QED) is 0.854. The molecule has 0 bridgehead atoms. The van der Waals surface area contributed by atoms with Crippen molar-refractivity contribution in [1.82, 2.24) is 9.97 Å². The summed E-state index contributed by atoms with van der Waals surface area (Å²) in [5.74, 6) is 1.06. The van der Waals surface area contributed by atoms with E-state index in [0.29, 0.717) is 5.92 Å². The second-order valence-corrected chi connectivity index (χ2v) is 6.92. The summed E-state index contributed by atoms with van der Waals surface area (Å²) < 4.78 is 22.6. The molecule has 2 rings (SSSR count). The highest BCUT2D eigenvalue weighted by Crippen LogP contribution is 2.34. The molecule has 0 amide bonds. The summed E-state index contributed by atoms with van der Waals surface area (Å²) in [7, 11) is 1.52. The molecule has 1 N–H and O–H groups in total. The SMILES string of the molecule is O=S(=O)(Cl)c1[nH]c(C2CCCC2)nc1Br. The molecule has 0 saturated heterocycles. The summed E-state index contributed by atoms with van der Waals surface area (Å²) in [4.78, 5) is 6.94. The van der Waals surface area contributed by atoms with Crippen LogP contribution < -0.4 is 0 Å². The van der Waals surface area contributed by atoms with Crippen LogP contribution in [-0.2, 0) is 9.05 Å². The van der Waals surface area contributed by atoms with E-state index in [1.165, 1.54) is 12.8 Å². The van der Waals surface area contributed by atoms with Gasteiger partial charge < -0.3 is 4.98 Å². The van der Waals surface area contributed by atoms with Crippen molar-refractivity contribution in [3.63, 3.8) is 0 Å². The second kappa shape index (κ2) is 4.07. The van der Waals surface area contributed by atoms with E-state index in [1.54, 1.807) is 0 Å². The van der Waals surface area contributed by atoms with Crippen molar-refractivity contribution in [3.8, 4) is 0 Å². The van der Waals surface area contributed by atoms with E-state index in [9.17, 15) is 8.42 Å². The molecule has 0 aliphatic heterocycles. The zero-order valence-corrected chi connectivity index (χ0v) is 11.0. The Kier molecular flexibility index (Phi) is 3.10. The van der Waals surface area contributed by atoms with E-state index >= 15 is 0 Å². The maximum atomic E-state index is 11.1. The number of imidazole rings is 1. The van der Waals surface area contributed by atoms with Crippen molar-refractivity contribution in [2.24, 2.45) is 0 Å². The van der Waals surface area contributed by atoms with Crippen LogP contribution in [0.5, 0.6) is 0 Å². The fourth-order valence-electron chi connectivity index (χ4n) is 1.91. The molecule has 1 aliphatic rings. The van der Waals surface area contributed by atoms with E-state index in [-0.39, 0.29) is 9.63 Å². The van der Waals surface area contributed by atoms with Crippen molar-refractivity contribution in [2.75, 3.05) is 0 Å². The molecule has 0 spiro atoms. The number of nitrogens with zero attached hydrogens (tertiary/aromatic N) is 1. The first-order chi connectivity index (χ1) is 6.98. The van der Waals surface area contributed by atoms with Crippen LogP contribution in [0, 0.1) is 0 Å². The fraction of sp³-hybridized carbons (Fsp3) is 0.625. The van der Waals surface area contributed by atoms with Crippen LogP contribution >= 0.6 is 26.6 Å². The molecule has 0 radical (unpaired) electrons. The van der Waals surface area contributed by atoms with Gasteiger partial charge in [0.2, 0.25) is 0 Å². The number of aromatic nitrogens is 2. The highest BCUT2D eigenvalue weighted by Gasteiger charge is 2.25. The van der Waals surface area contributed by atoms with Crippen LogP contribution in [0.3, 0.4) is 0 Å². The number of halogens is 2. The monoisotopic (exact) mass is 312 g/mol. The standard InChI is InChI=1S/C8H10BrClN2O2S/c9-6-8(15(10,13)14)12-7(11-6)5-3-1-2-4-5/h5H,1-4H2,(H,11,12). The van der Waals surface area contributed by atoms with Crippen molar-refractivity contribution in [2.45, 2.75) is 36.6 Å². The van der Waals surface area contributed by atoms with E-state index in [4.69, 9.17) is 10.7 Å². The molecule has 1 aliphatic carbocycles. The Bertz CT molecular complexity index is 465. The molecular weight excluding hydrogens is 304 g/mol. The van der Waals surface area contributed by atoms with Crippen LogP contribution in [-0.4, -0.2) is 18.4 Å². The third-order valence-electron chi connectivity index (χ3n) is 2.63. The largest absolute Gasteiger partial charge is 0.331 e. The minimum absolute atomic E-state index is 0.0360. The molecule has 0 atom stereocenters. The van der Waals surface area contributed by atoms with E-state index in [0.717, 1.165) is 18.7 Å². The Hall–Kier alpha value is -0.0700. The first kappa shape index (κ1) is 11.4. The maximum absolute atomic E-state index is 11.1. The minimum atomic E-state index is -3.73. The average Bonchev–Trinajstić information content (AvgIpc) is 2.68. The predicted molar refractivity (Wildman–Crippen MR) is 60.5 cm³/mol. The summed E-state index contributed by atoms with van der Waals surface area (Å²) in [6.45, 7) is 0. The first-order valence-electron chi connectivity index (χ1n) is 4.68. The normalized spacial score (nSPS) is 18.5. The van der Waals surface area contributed by atoms with Crippen molar-refractivity contribution >= 4 is 35.7 Å². The van der Waals surface area contributed by atoms with E-state index < -0.39 is 9.05 Å². The Morgan fingerprint density at radius 3 is 2.47 bits per heavy atom. The van der Waals surface area contributed by atoms with Crippen molar-refractivity contribution in [3.05, 3.63) is 10.4 Å². The minimum Gasteiger partial charge on any atom is -0.331 e. The van der Waals surface area contributed by atoms with Crippen LogP contribution in [0.1, 0.15) is 37.4 Å². The Balaban J connectivity index is 2.36. The summed E-state index contributed by atoms with van der Waals surface area (Å²) in [6, 6.07) is 0. The van der Waals surface area contributed by atoms with Crippen molar-refractivity contribution in [1.29, 1.82) is 0 Å². The molecule has 7 heteroatoms. The third kappa shape index (κ3) is 2.37. The van der Waals surface area contributed by atoms with Gasteiger partial charge in [-0.25, -0.2) is 13.4 Å². The lowest BCUT2D eigenvalue weighted by Gasteiger charge is -2.02. The van der Waals surface area contributed by atoms with Gasteiger partial charge in [0.1, 0.15) is 10.4 Å². The predicted octanol–water partition coefficient (Wildman–Crippen LogP) is 2.76. The molecule has 15 heavy (non-hydrogen) atoms. The number of H-pyrrole nitrogens is 1. The number of hydrogen-bond donors (Lipinski definition) is 1. The topological polar surface area (TPSA) is 62.8 Å². The number of nitrogens with one attached hydrogen (secondary N) is 1. The molecule has 84 valence electrons. The Labute approximate surface area is 101 Å². The summed E-state index contributed by atoms with van der Waals surface area (Å²) in [5, 5.41) is -0.0360. The smallest absolute Gasteiger partial charge is 0.279 e. The van der Waals surface area contributed by atoms with Crippen molar-refractivity contribution < 1.29 is 8.42 Å². The molecule has 1 fully saturated rings. The van der Waals surface area contributed by atoms with Gasteiger partial charge in [0, 0.05) is 16.6 Å². The molecule has 1 aromatic rings. The Morgan fingerprint density at radius 2 is 2.00 bits per heavy atom. The average molecular weight is 314 g/mol. The highest BCUT2D eigenvalue weighted by atomic mass is 79.9. The number of rotatable bonds is 2. The van der Waals surface area contributed by atoms with Crippen LogP contribution in [0.15, 0.2) is 9.63 Å². The van der Waals surface area contributed by atoms with Crippen LogP contribution in [0.2, 0.25) is 0 Å². The summed E-state index contributed by atoms with van der Waals surface area (Å²) in [5.41, 5.74) is 0. The van der Waals surface area contributed by atoms with Gasteiger partial charge in [-0.05, 0) is 28.8 Å². The lowest BCUT2D eigenvalue weighted by Crippen LogP contribution is -1.96. The van der Waals surface area contributed by atoms with Gasteiger partial charge in [-0.2, -0.15) is 0 Å². The van der Waals surface area contributed by atoms with Gasteiger partial charge in [-0.15, -0.1) is 0 Å². The fourth-order valence-corrected chi connectivity index (χ4v) is 3.92. The van der Waals surface area contributed by atoms with E-state index in [2.05, 4.69) is 25.9 Å². The molecule has 1 aromatic heterocycles. The van der Waals surface area contributed by atoms with E-state index in [1.807, 2.05) is 0 Å². The van der Waals surface area contributed by atoms with Gasteiger partial charge >= 0.3 is 0 Å². The maximum Gasteiger partial charge on any atom is 0.279 e. The molecule has 0 unspecified atom stereocenters. The third-order valence-corrected chi connectivity index (χ3v) is 4.72. The molecular formula is C8H10BrClN2O2S. The summed E-state index contributed by atoms with van der Waals surface area (Å²) >= 11 is 3.09. The zero-order chi connectivity index (χ0) is 11.1. The summed E-state index contributed by atoms with van der Waals surface area (Å²) in [6.07, 6.45) is 4.46. The number of hydrogen-bond acceptors (Lipinski definition) is 3. The van der Waals surface area contributed by atoms with Gasteiger partial charge in [-0.3, -0.25) is 0 Å². The van der Waals surface area contributed by atoms with Crippen LogP contribution in [0.4, 0.5) is 0 Å². The second-order valence-electron chi connectivity index (χ2n) is 3.66. The molecule has 1 saturated carbocycles. The molecule has 1 heterocycles. The molecule has 4 nitrogen and oxygen atoms in total. The Morgan fingerprint density at radius 1 is 1.40 bits per heavy atom. The van der Waals surface area contributed by atoms with Gasteiger partial charge in [0.05, 0.1) is 0 Å². The number of aromatic amines is 1. The van der Waals surface area contributed by atoms with Gasteiger partial charge in [-0.1, -0.05) is 12.8 Å². The lowest BCUT2D eigenvalue weighted by atomic mass is 10.1. The highest BCUT2D eigenvalue weighted by molar-refractivity contribution is 9.10. The molecule has 0 aromatic carbocycles. The van der Waals surface area contributed by atoms with Gasteiger partial charge in [0.25, 0.3) is 9.05 Å².